The second kappa shape index (κ2) is 6.37. The SMILES string of the molecule is CC(C)N(CC1CCCN1)C(=O)CC1C=CCC1. The van der Waals surface area contributed by atoms with Crippen molar-refractivity contribution in [1.82, 2.24) is 10.2 Å². The van der Waals surface area contributed by atoms with Crippen LogP contribution in [0.1, 0.15) is 46.0 Å². The van der Waals surface area contributed by atoms with E-state index in [4.69, 9.17) is 0 Å². The van der Waals surface area contributed by atoms with Crippen molar-refractivity contribution >= 4 is 5.91 Å². The van der Waals surface area contributed by atoms with Gasteiger partial charge in [0.25, 0.3) is 0 Å². The number of nitrogens with one attached hydrogen (secondary N) is 1. The summed E-state index contributed by atoms with van der Waals surface area (Å²) in [5.41, 5.74) is 0. The molecule has 1 amide bonds. The van der Waals surface area contributed by atoms with Gasteiger partial charge in [-0.25, -0.2) is 0 Å². The van der Waals surface area contributed by atoms with Crippen LogP contribution in [0.15, 0.2) is 12.2 Å². The highest BCUT2D eigenvalue weighted by Gasteiger charge is 2.25. The Labute approximate surface area is 111 Å². The van der Waals surface area contributed by atoms with Crippen LogP contribution in [-0.4, -0.2) is 36.0 Å². The highest BCUT2D eigenvalue weighted by atomic mass is 16.2. The first-order valence-electron chi connectivity index (χ1n) is 7.36. The zero-order valence-electron chi connectivity index (χ0n) is 11.7. The number of hydrogen-bond acceptors (Lipinski definition) is 2. The monoisotopic (exact) mass is 250 g/mol. The molecule has 0 spiro atoms. The molecule has 2 rings (SSSR count). The normalized spacial score (nSPS) is 27.1. The molecule has 1 N–H and O–H groups in total. The molecular weight excluding hydrogens is 224 g/mol. The van der Waals surface area contributed by atoms with E-state index in [1.54, 1.807) is 0 Å². The van der Waals surface area contributed by atoms with Crippen molar-refractivity contribution < 1.29 is 4.79 Å². The van der Waals surface area contributed by atoms with E-state index < -0.39 is 0 Å². The topological polar surface area (TPSA) is 32.3 Å². The van der Waals surface area contributed by atoms with E-state index in [-0.39, 0.29) is 0 Å². The van der Waals surface area contributed by atoms with Gasteiger partial charge in [-0.3, -0.25) is 4.79 Å². The summed E-state index contributed by atoms with van der Waals surface area (Å²) in [7, 11) is 0. The highest BCUT2D eigenvalue weighted by Crippen LogP contribution is 2.22. The van der Waals surface area contributed by atoms with E-state index in [1.165, 1.54) is 12.8 Å². The first-order valence-corrected chi connectivity index (χ1v) is 7.36. The molecule has 1 aliphatic carbocycles. The van der Waals surface area contributed by atoms with Crippen molar-refractivity contribution in [3.05, 3.63) is 12.2 Å². The molecular formula is C15H26N2O. The zero-order chi connectivity index (χ0) is 13.0. The summed E-state index contributed by atoms with van der Waals surface area (Å²) in [5.74, 6) is 0.811. The fraction of sp³-hybridized carbons (Fsp3) is 0.800. The largest absolute Gasteiger partial charge is 0.339 e. The molecule has 1 aliphatic heterocycles. The van der Waals surface area contributed by atoms with Crippen LogP contribution in [0, 0.1) is 5.92 Å². The molecule has 1 fully saturated rings. The average Bonchev–Trinajstić information content (AvgIpc) is 2.97. The number of carbonyl (C=O) groups is 1. The van der Waals surface area contributed by atoms with E-state index in [0.717, 1.165) is 25.9 Å². The van der Waals surface area contributed by atoms with E-state index >= 15 is 0 Å². The van der Waals surface area contributed by atoms with Crippen LogP contribution < -0.4 is 5.32 Å². The second-order valence-corrected chi connectivity index (χ2v) is 5.90. The van der Waals surface area contributed by atoms with Crippen LogP contribution in [0.5, 0.6) is 0 Å². The van der Waals surface area contributed by atoms with Gasteiger partial charge in [0.05, 0.1) is 0 Å². The third-order valence-electron chi connectivity index (χ3n) is 4.07. The lowest BCUT2D eigenvalue weighted by Crippen LogP contribution is -2.45. The Morgan fingerprint density at radius 2 is 2.28 bits per heavy atom. The molecule has 1 saturated heterocycles. The lowest BCUT2D eigenvalue weighted by Gasteiger charge is -2.30. The smallest absolute Gasteiger partial charge is 0.223 e. The molecule has 3 heteroatoms. The minimum Gasteiger partial charge on any atom is -0.339 e. The van der Waals surface area contributed by atoms with E-state index in [9.17, 15) is 4.79 Å². The third kappa shape index (κ3) is 3.58. The average molecular weight is 250 g/mol. The van der Waals surface area contributed by atoms with Gasteiger partial charge in [-0.05, 0) is 52.0 Å². The summed E-state index contributed by atoms with van der Waals surface area (Å²) in [4.78, 5) is 14.5. The Morgan fingerprint density at radius 3 is 2.83 bits per heavy atom. The van der Waals surface area contributed by atoms with Gasteiger partial charge in [0.2, 0.25) is 5.91 Å². The summed E-state index contributed by atoms with van der Waals surface area (Å²) >= 11 is 0. The van der Waals surface area contributed by atoms with Crippen molar-refractivity contribution in [2.45, 2.75) is 58.0 Å². The van der Waals surface area contributed by atoms with Crippen molar-refractivity contribution in [3.8, 4) is 0 Å². The lowest BCUT2D eigenvalue weighted by molar-refractivity contribution is -0.133. The van der Waals surface area contributed by atoms with E-state index in [0.29, 0.717) is 30.3 Å². The van der Waals surface area contributed by atoms with Gasteiger partial charge >= 0.3 is 0 Å². The Bertz CT molecular complexity index is 306. The number of amides is 1. The fourth-order valence-electron chi connectivity index (χ4n) is 2.96. The molecule has 0 bridgehead atoms. The van der Waals surface area contributed by atoms with Gasteiger partial charge in [-0.2, -0.15) is 0 Å². The number of rotatable bonds is 5. The van der Waals surface area contributed by atoms with Crippen LogP contribution in [0.2, 0.25) is 0 Å². The summed E-state index contributed by atoms with van der Waals surface area (Å²) in [6, 6.07) is 0.820. The minimum absolute atomic E-state index is 0.310. The van der Waals surface area contributed by atoms with Crippen molar-refractivity contribution in [1.29, 1.82) is 0 Å². The van der Waals surface area contributed by atoms with Crippen molar-refractivity contribution in [3.63, 3.8) is 0 Å². The molecule has 0 aromatic rings. The minimum atomic E-state index is 0.310. The molecule has 0 aromatic heterocycles. The molecule has 0 aromatic carbocycles. The van der Waals surface area contributed by atoms with Crippen LogP contribution in [0.25, 0.3) is 0 Å². The summed E-state index contributed by atoms with van der Waals surface area (Å²) in [6.45, 7) is 6.23. The second-order valence-electron chi connectivity index (χ2n) is 5.90. The molecule has 102 valence electrons. The van der Waals surface area contributed by atoms with Gasteiger partial charge in [-0.1, -0.05) is 12.2 Å². The van der Waals surface area contributed by atoms with Gasteiger partial charge in [0, 0.05) is 25.0 Å². The molecule has 0 radical (unpaired) electrons. The number of carbonyl (C=O) groups excluding carboxylic acids is 1. The molecule has 18 heavy (non-hydrogen) atoms. The maximum atomic E-state index is 12.4. The van der Waals surface area contributed by atoms with Crippen LogP contribution in [0.4, 0.5) is 0 Å². The molecule has 0 saturated carbocycles. The molecule has 2 unspecified atom stereocenters. The number of allylic oxidation sites excluding steroid dienone is 2. The molecule has 2 aliphatic rings. The van der Waals surface area contributed by atoms with Crippen LogP contribution in [-0.2, 0) is 4.79 Å². The molecule has 3 nitrogen and oxygen atoms in total. The fourth-order valence-corrected chi connectivity index (χ4v) is 2.96. The zero-order valence-corrected chi connectivity index (χ0v) is 11.7. The molecule has 2 atom stereocenters. The predicted molar refractivity (Wildman–Crippen MR) is 74.4 cm³/mol. The number of hydrogen-bond donors (Lipinski definition) is 1. The van der Waals surface area contributed by atoms with Gasteiger partial charge in [-0.15, -0.1) is 0 Å². The Hall–Kier alpha value is -0.830. The summed E-state index contributed by atoms with van der Waals surface area (Å²) in [6.07, 6.45) is 9.86. The number of nitrogens with zero attached hydrogens (tertiary/aromatic N) is 1. The summed E-state index contributed by atoms with van der Waals surface area (Å²) < 4.78 is 0. The van der Waals surface area contributed by atoms with Crippen LogP contribution >= 0.6 is 0 Å². The van der Waals surface area contributed by atoms with Crippen molar-refractivity contribution in [2.24, 2.45) is 5.92 Å². The van der Waals surface area contributed by atoms with Gasteiger partial charge in [0.15, 0.2) is 0 Å². The van der Waals surface area contributed by atoms with Crippen LogP contribution in [0.3, 0.4) is 0 Å². The predicted octanol–water partition coefficient (Wildman–Crippen LogP) is 2.33. The highest BCUT2D eigenvalue weighted by molar-refractivity contribution is 5.77. The first-order chi connectivity index (χ1) is 8.66. The van der Waals surface area contributed by atoms with Gasteiger partial charge in [0.1, 0.15) is 0 Å². The maximum Gasteiger partial charge on any atom is 0.223 e. The molecule has 1 heterocycles. The third-order valence-corrected chi connectivity index (χ3v) is 4.07. The lowest BCUT2D eigenvalue weighted by atomic mass is 10.0. The van der Waals surface area contributed by atoms with E-state index in [2.05, 4.69) is 36.2 Å². The summed E-state index contributed by atoms with van der Waals surface area (Å²) in [5, 5.41) is 3.48. The Morgan fingerprint density at radius 1 is 1.44 bits per heavy atom. The maximum absolute atomic E-state index is 12.4. The van der Waals surface area contributed by atoms with Gasteiger partial charge < -0.3 is 10.2 Å². The Kier molecular flexibility index (Phi) is 4.81. The first kappa shape index (κ1) is 13.6. The Balaban J connectivity index is 1.86. The van der Waals surface area contributed by atoms with E-state index in [1.807, 2.05) is 0 Å². The quantitative estimate of drug-likeness (QED) is 0.760. The standard InChI is InChI=1S/C15H26N2O/c1-12(2)17(11-14-8-5-9-16-14)15(18)10-13-6-3-4-7-13/h3,6,12-14,16H,4-5,7-11H2,1-2H3. The van der Waals surface area contributed by atoms with Crippen molar-refractivity contribution in [2.75, 3.05) is 13.1 Å².